The lowest BCUT2D eigenvalue weighted by molar-refractivity contribution is -0.137. The Kier molecular flexibility index (Phi) is 4.47. The van der Waals surface area contributed by atoms with Crippen LogP contribution in [0.3, 0.4) is 0 Å². The fraction of sp³-hybridized carbons (Fsp3) is 0.500. The number of hydrogen-bond acceptors (Lipinski definition) is 3. The maximum absolute atomic E-state index is 11.0. The molecule has 1 aromatic rings. The van der Waals surface area contributed by atoms with Crippen LogP contribution in [0, 0.1) is 6.92 Å². The zero-order valence-corrected chi connectivity index (χ0v) is 12.8. The summed E-state index contributed by atoms with van der Waals surface area (Å²) >= 11 is 3.54. The van der Waals surface area contributed by atoms with E-state index in [0.29, 0.717) is 12.6 Å². The first-order chi connectivity index (χ1) is 8.97. The summed E-state index contributed by atoms with van der Waals surface area (Å²) < 4.78 is 1.06. The molecule has 1 aliphatic heterocycles. The Morgan fingerprint density at radius 2 is 2.32 bits per heavy atom. The van der Waals surface area contributed by atoms with Crippen molar-refractivity contribution in [1.29, 1.82) is 0 Å². The number of nitrogens with one attached hydrogen (secondary N) is 1. The van der Waals surface area contributed by atoms with Gasteiger partial charge in [-0.05, 0) is 31.5 Å². The number of carboxylic acids is 1. The van der Waals surface area contributed by atoms with Crippen LogP contribution < -0.4 is 10.2 Å². The summed E-state index contributed by atoms with van der Waals surface area (Å²) in [5.74, 6) is -0.752. The zero-order valence-electron chi connectivity index (χ0n) is 11.2. The van der Waals surface area contributed by atoms with Gasteiger partial charge in [0, 0.05) is 29.3 Å². The van der Waals surface area contributed by atoms with Crippen LogP contribution in [0.15, 0.2) is 22.7 Å². The molecule has 5 heteroatoms. The van der Waals surface area contributed by atoms with E-state index in [-0.39, 0.29) is 12.5 Å². The zero-order chi connectivity index (χ0) is 14.0. The molecule has 1 fully saturated rings. The number of carbonyl (C=O) groups is 1. The highest BCUT2D eigenvalue weighted by atomic mass is 79.9. The maximum atomic E-state index is 11.0. The van der Waals surface area contributed by atoms with Gasteiger partial charge in [0.1, 0.15) is 0 Å². The van der Waals surface area contributed by atoms with Gasteiger partial charge >= 0.3 is 5.97 Å². The molecule has 0 radical (unpaired) electrons. The van der Waals surface area contributed by atoms with E-state index in [1.165, 1.54) is 5.56 Å². The molecule has 2 atom stereocenters. The third-order valence-corrected chi connectivity index (χ3v) is 4.36. The van der Waals surface area contributed by atoms with Crippen molar-refractivity contribution in [2.24, 2.45) is 0 Å². The van der Waals surface area contributed by atoms with Gasteiger partial charge in [-0.2, -0.15) is 0 Å². The van der Waals surface area contributed by atoms with E-state index < -0.39 is 5.97 Å². The molecule has 1 heterocycles. The van der Waals surface area contributed by atoms with Crippen LogP contribution in [0.4, 0.5) is 5.69 Å². The van der Waals surface area contributed by atoms with E-state index >= 15 is 0 Å². The summed E-state index contributed by atoms with van der Waals surface area (Å²) in [6.07, 6.45) is 0.158. The van der Waals surface area contributed by atoms with Gasteiger partial charge in [0.05, 0.1) is 12.5 Å². The molecule has 0 amide bonds. The Hall–Kier alpha value is -1.07. The van der Waals surface area contributed by atoms with Gasteiger partial charge in [0.15, 0.2) is 0 Å². The van der Waals surface area contributed by atoms with E-state index in [2.05, 4.69) is 51.3 Å². The van der Waals surface area contributed by atoms with E-state index in [1.54, 1.807) is 0 Å². The normalized spacial score (nSPS) is 23.4. The number of rotatable bonds is 3. The van der Waals surface area contributed by atoms with E-state index in [0.717, 1.165) is 16.7 Å². The first kappa shape index (κ1) is 14.3. The van der Waals surface area contributed by atoms with Crippen molar-refractivity contribution in [3.63, 3.8) is 0 Å². The molecular formula is C14H19BrN2O2. The fourth-order valence-electron chi connectivity index (χ4n) is 2.42. The van der Waals surface area contributed by atoms with Crippen molar-refractivity contribution in [2.75, 3.05) is 18.0 Å². The molecule has 1 aromatic carbocycles. The van der Waals surface area contributed by atoms with E-state index in [1.807, 2.05) is 6.92 Å². The van der Waals surface area contributed by atoms with Crippen LogP contribution in [0.1, 0.15) is 18.9 Å². The molecule has 0 bridgehead atoms. The number of carboxylic acid groups (broad SMARTS) is 1. The molecule has 4 nitrogen and oxygen atoms in total. The molecule has 2 unspecified atom stereocenters. The monoisotopic (exact) mass is 326 g/mol. The highest BCUT2D eigenvalue weighted by Gasteiger charge is 2.27. The van der Waals surface area contributed by atoms with Gasteiger partial charge in [-0.1, -0.05) is 22.0 Å². The van der Waals surface area contributed by atoms with Crippen LogP contribution in [-0.4, -0.2) is 36.2 Å². The Balaban J connectivity index is 2.25. The maximum Gasteiger partial charge on any atom is 0.305 e. The Morgan fingerprint density at radius 1 is 1.58 bits per heavy atom. The van der Waals surface area contributed by atoms with Crippen LogP contribution in [0.25, 0.3) is 0 Å². The van der Waals surface area contributed by atoms with Crippen LogP contribution in [0.2, 0.25) is 0 Å². The highest BCUT2D eigenvalue weighted by molar-refractivity contribution is 9.10. The molecule has 0 aliphatic carbocycles. The average molecular weight is 327 g/mol. The van der Waals surface area contributed by atoms with Crippen molar-refractivity contribution in [2.45, 2.75) is 32.4 Å². The van der Waals surface area contributed by atoms with Gasteiger partial charge in [-0.3, -0.25) is 4.79 Å². The SMILES string of the molecule is Cc1ccc(N2CC(C)NCC2CC(=O)O)cc1Br. The van der Waals surface area contributed by atoms with Crippen LogP contribution in [-0.2, 0) is 4.79 Å². The summed E-state index contributed by atoms with van der Waals surface area (Å²) in [5, 5.41) is 12.4. The first-order valence-corrected chi connectivity index (χ1v) is 7.24. The number of aryl methyl sites for hydroxylation is 1. The number of halogens is 1. The minimum Gasteiger partial charge on any atom is -0.481 e. The predicted molar refractivity (Wildman–Crippen MR) is 79.7 cm³/mol. The minimum absolute atomic E-state index is 0.00306. The molecule has 2 rings (SSSR count). The standard InChI is InChI=1S/C14H19BrN2O2/c1-9-3-4-11(5-13(9)15)17-8-10(2)16-7-12(17)6-14(18)19/h3-5,10,12,16H,6-8H2,1-2H3,(H,18,19). The summed E-state index contributed by atoms with van der Waals surface area (Å²) in [5.41, 5.74) is 2.26. The van der Waals surface area contributed by atoms with Crippen LogP contribution in [0.5, 0.6) is 0 Å². The Morgan fingerprint density at radius 3 is 2.95 bits per heavy atom. The molecule has 19 heavy (non-hydrogen) atoms. The summed E-state index contributed by atoms with van der Waals surface area (Å²) in [7, 11) is 0. The second-order valence-electron chi connectivity index (χ2n) is 5.15. The number of benzene rings is 1. The second-order valence-corrected chi connectivity index (χ2v) is 6.00. The molecule has 104 valence electrons. The molecular weight excluding hydrogens is 308 g/mol. The number of piperazine rings is 1. The summed E-state index contributed by atoms with van der Waals surface area (Å²) in [4.78, 5) is 13.2. The first-order valence-electron chi connectivity index (χ1n) is 6.45. The van der Waals surface area contributed by atoms with Crippen LogP contribution >= 0.6 is 15.9 Å². The number of aliphatic carboxylic acids is 1. The third-order valence-electron chi connectivity index (χ3n) is 3.51. The van der Waals surface area contributed by atoms with Gasteiger partial charge < -0.3 is 15.3 Å². The predicted octanol–water partition coefficient (Wildman–Crippen LogP) is 2.40. The second kappa shape index (κ2) is 5.92. The van der Waals surface area contributed by atoms with Crippen molar-refractivity contribution in [3.8, 4) is 0 Å². The smallest absolute Gasteiger partial charge is 0.305 e. The minimum atomic E-state index is -0.752. The molecule has 0 saturated carbocycles. The number of nitrogens with zero attached hydrogens (tertiary/aromatic N) is 1. The Bertz CT molecular complexity index is 479. The lowest BCUT2D eigenvalue weighted by atomic mass is 10.0. The number of hydrogen-bond donors (Lipinski definition) is 2. The largest absolute Gasteiger partial charge is 0.481 e. The van der Waals surface area contributed by atoms with Gasteiger partial charge in [-0.25, -0.2) is 0 Å². The molecule has 0 spiro atoms. The fourth-order valence-corrected chi connectivity index (χ4v) is 2.78. The average Bonchev–Trinajstić information content (AvgIpc) is 2.34. The lowest BCUT2D eigenvalue weighted by Crippen LogP contribution is -2.56. The molecule has 1 aliphatic rings. The van der Waals surface area contributed by atoms with Crippen molar-refractivity contribution in [3.05, 3.63) is 28.2 Å². The summed E-state index contributed by atoms with van der Waals surface area (Å²) in [6, 6.07) is 6.56. The van der Waals surface area contributed by atoms with Gasteiger partial charge in [-0.15, -0.1) is 0 Å². The molecule has 0 aromatic heterocycles. The van der Waals surface area contributed by atoms with Crippen molar-refractivity contribution < 1.29 is 9.90 Å². The Labute approximate surface area is 121 Å². The van der Waals surface area contributed by atoms with Gasteiger partial charge in [0.2, 0.25) is 0 Å². The van der Waals surface area contributed by atoms with Crippen molar-refractivity contribution >= 4 is 27.6 Å². The quantitative estimate of drug-likeness (QED) is 0.895. The number of anilines is 1. The van der Waals surface area contributed by atoms with Crippen molar-refractivity contribution in [1.82, 2.24) is 5.32 Å². The summed E-state index contributed by atoms with van der Waals surface area (Å²) in [6.45, 7) is 5.70. The van der Waals surface area contributed by atoms with E-state index in [4.69, 9.17) is 5.11 Å². The topological polar surface area (TPSA) is 52.6 Å². The highest BCUT2D eigenvalue weighted by Crippen LogP contribution is 2.27. The van der Waals surface area contributed by atoms with E-state index in [9.17, 15) is 4.79 Å². The molecule has 2 N–H and O–H groups in total. The van der Waals surface area contributed by atoms with Gasteiger partial charge in [0.25, 0.3) is 0 Å². The lowest BCUT2D eigenvalue weighted by Gasteiger charge is -2.40. The third kappa shape index (κ3) is 3.48. The molecule has 1 saturated heterocycles.